The first-order valence-electron chi connectivity index (χ1n) is 15.2. The highest BCUT2D eigenvalue weighted by Crippen LogP contribution is 2.46. The molecule has 0 N–H and O–H groups in total. The zero-order valence-electron chi connectivity index (χ0n) is 24.3. The molecule has 0 aliphatic rings. The van der Waals surface area contributed by atoms with Gasteiger partial charge in [0.25, 0.3) is 0 Å². The maximum atomic E-state index is 6.31. The summed E-state index contributed by atoms with van der Waals surface area (Å²) in [7, 11) is 0. The Morgan fingerprint density at radius 1 is 0.545 bits per heavy atom. The molecule has 2 heterocycles. The van der Waals surface area contributed by atoms with E-state index in [0.29, 0.717) is 0 Å². The summed E-state index contributed by atoms with van der Waals surface area (Å²) in [6.45, 7) is 2.17. The summed E-state index contributed by atoms with van der Waals surface area (Å²) in [6.07, 6.45) is 0.867. The second-order valence-electron chi connectivity index (χ2n) is 11.4. The molecule has 2 aromatic heterocycles. The Balaban J connectivity index is 1.31. The van der Waals surface area contributed by atoms with Crippen LogP contribution in [0.1, 0.15) is 12.7 Å². The molecule has 0 radical (unpaired) electrons. The van der Waals surface area contributed by atoms with E-state index in [0.717, 1.165) is 50.9 Å². The quantitative estimate of drug-likeness (QED) is 0.199. The standard InChI is InChI=1S/C41H28N2O/c1-2-38-42-34-18-8-9-19-35(34)43(38)27-24-22-26(23-25-27)39-28-12-3-5-14-30(28)40(31-15-6-4-13-29(31)39)33-17-11-21-37-41(33)32-16-7-10-20-36(32)44-37/h3-25H,2H2,1H3. The van der Waals surface area contributed by atoms with Crippen LogP contribution in [0.5, 0.6) is 0 Å². The Hall–Kier alpha value is -5.67. The molecule has 9 aromatic rings. The Morgan fingerprint density at radius 2 is 1.14 bits per heavy atom. The number of nitrogens with zero attached hydrogens (tertiary/aromatic N) is 2. The molecule has 3 heteroatoms. The zero-order chi connectivity index (χ0) is 29.2. The number of aromatic nitrogens is 2. The number of hydrogen-bond acceptors (Lipinski definition) is 2. The van der Waals surface area contributed by atoms with E-state index in [9.17, 15) is 0 Å². The third kappa shape index (κ3) is 3.59. The third-order valence-electron chi connectivity index (χ3n) is 8.96. The van der Waals surface area contributed by atoms with Crippen molar-refractivity contribution in [1.82, 2.24) is 9.55 Å². The number of furan rings is 1. The maximum absolute atomic E-state index is 6.31. The molecule has 3 nitrogen and oxygen atoms in total. The molecule has 0 aliphatic carbocycles. The van der Waals surface area contributed by atoms with Crippen LogP contribution in [0.3, 0.4) is 0 Å². The Bertz CT molecular complexity index is 2480. The first-order valence-corrected chi connectivity index (χ1v) is 15.2. The highest BCUT2D eigenvalue weighted by molar-refractivity contribution is 6.25. The summed E-state index contributed by atoms with van der Waals surface area (Å²) < 4.78 is 8.60. The van der Waals surface area contributed by atoms with Crippen LogP contribution in [0.4, 0.5) is 0 Å². The van der Waals surface area contributed by atoms with Crippen LogP contribution >= 0.6 is 0 Å². The van der Waals surface area contributed by atoms with Crippen molar-refractivity contribution < 1.29 is 4.42 Å². The van der Waals surface area contributed by atoms with Crippen molar-refractivity contribution >= 4 is 54.5 Å². The average Bonchev–Trinajstić information content (AvgIpc) is 3.66. The Morgan fingerprint density at radius 3 is 1.84 bits per heavy atom. The molecule has 0 bridgehead atoms. The lowest BCUT2D eigenvalue weighted by molar-refractivity contribution is 0.669. The molecular weight excluding hydrogens is 536 g/mol. The van der Waals surface area contributed by atoms with Crippen molar-refractivity contribution in [3.05, 3.63) is 145 Å². The van der Waals surface area contributed by atoms with E-state index in [1.54, 1.807) is 0 Å². The van der Waals surface area contributed by atoms with Crippen LogP contribution in [0.25, 0.3) is 82.5 Å². The zero-order valence-corrected chi connectivity index (χ0v) is 24.3. The van der Waals surface area contributed by atoms with Gasteiger partial charge in [0.1, 0.15) is 17.0 Å². The number of fused-ring (bicyclic) bond motifs is 6. The summed E-state index contributed by atoms with van der Waals surface area (Å²) in [6, 6.07) is 49.8. The van der Waals surface area contributed by atoms with Crippen LogP contribution in [0, 0.1) is 0 Å². The molecule has 208 valence electrons. The van der Waals surface area contributed by atoms with Gasteiger partial charge in [-0.2, -0.15) is 0 Å². The van der Waals surface area contributed by atoms with E-state index in [2.05, 4.69) is 145 Å². The first-order chi connectivity index (χ1) is 21.8. The summed E-state index contributed by atoms with van der Waals surface area (Å²) in [4.78, 5) is 4.90. The second-order valence-corrected chi connectivity index (χ2v) is 11.4. The number of para-hydroxylation sites is 3. The number of aryl methyl sites for hydroxylation is 1. The predicted molar refractivity (Wildman–Crippen MR) is 184 cm³/mol. The van der Waals surface area contributed by atoms with Crippen LogP contribution in [-0.4, -0.2) is 9.55 Å². The van der Waals surface area contributed by atoms with E-state index in [1.165, 1.54) is 43.8 Å². The van der Waals surface area contributed by atoms with E-state index < -0.39 is 0 Å². The van der Waals surface area contributed by atoms with Crippen molar-refractivity contribution in [2.45, 2.75) is 13.3 Å². The number of benzene rings is 7. The fourth-order valence-corrected chi connectivity index (χ4v) is 7.09. The van der Waals surface area contributed by atoms with Crippen LogP contribution in [0.15, 0.2) is 144 Å². The Labute approximate surface area is 254 Å². The molecule has 0 aliphatic heterocycles. The second kappa shape index (κ2) is 9.68. The minimum Gasteiger partial charge on any atom is -0.456 e. The highest BCUT2D eigenvalue weighted by Gasteiger charge is 2.20. The van der Waals surface area contributed by atoms with Gasteiger partial charge in [-0.3, -0.25) is 4.57 Å². The van der Waals surface area contributed by atoms with Gasteiger partial charge in [-0.25, -0.2) is 4.98 Å². The number of hydrogen-bond donors (Lipinski definition) is 0. The fourth-order valence-electron chi connectivity index (χ4n) is 7.09. The van der Waals surface area contributed by atoms with Gasteiger partial charge in [0.05, 0.1) is 11.0 Å². The number of imidazole rings is 1. The van der Waals surface area contributed by atoms with Crippen molar-refractivity contribution in [2.75, 3.05) is 0 Å². The van der Waals surface area contributed by atoms with Crippen LogP contribution in [-0.2, 0) is 6.42 Å². The minimum atomic E-state index is 0.867. The smallest absolute Gasteiger partial charge is 0.136 e. The molecule has 0 fully saturated rings. The molecule has 7 aromatic carbocycles. The molecule has 0 spiro atoms. The van der Waals surface area contributed by atoms with Gasteiger partial charge in [0.2, 0.25) is 0 Å². The van der Waals surface area contributed by atoms with E-state index >= 15 is 0 Å². The van der Waals surface area contributed by atoms with Crippen molar-refractivity contribution in [2.24, 2.45) is 0 Å². The van der Waals surface area contributed by atoms with E-state index in [4.69, 9.17) is 9.40 Å². The van der Waals surface area contributed by atoms with Crippen LogP contribution < -0.4 is 0 Å². The monoisotopic (exact) mass is 564 g/mol. The topological polar surface area (TPSA) is 31.0 Å². The van der Waals surface area contributed by atoms with Crippen molar-refractivity contribution in [3.8, 4) is 27.9 Å². The fraction of sp³-hybridized carbons (Fsp3) is 0.0488. The van der Waals surface area contributed by atoms with Gasteiger partial charge in [-0.1, -0.05) is 110 Å². The average molecular weight is 565 g/mol. The lowest BCUT2D eigenvalue weighted by Gasteiger charge is -2.18. The normalized spacial score (nSPS) is 11.8. The number of rotatable bonds is 4. The first kappa shape index (κ1) is 24.9. The van der Waals surface area contributed by atoms with E-state index in [1.807, 2.05) is 6.07 Å². The molecule has 0 atom stereocenters. The molecule has 0 saturated heterocycles. The lowest BCUT2D eigenvalue weighted by Crippen LogP contribution is -2.00. The van der Waals surface area contributed by atoms with Gasteiger partial charge in [0, 0.05) is 22.9 Å². The molecule has 44 heavy (non-hydrogen) atoms. The van der Waals surface area contributed by atoms with Gasteiger partial charge in [-0.05, 0) is 80.2 Å². The minimum absolute atomic E-state index is 0.867. The molecule has 0 amide bonds. The largest absolute Gasteiger partial charge is 0.456 e. The van der Waals surface area contributed by atoms with Crippen molar-refractivity contribution in [1.29, 1.82) is 0 Å². The summed E-state index contributed by atoms with van der Waals surface area (Å²) in [5.74, 6) is 1.07. The lowest BCUT2D eigenvalue weighted by atomic mass is 9.85. The summed E-state index contributed by atoms with van der Waals surface area (Å²) in [5, 5.41) is 7.25. The third-order valence-corrected chi connectivity index (χ3v) is 8.96. The summed E-state index contributed by atoms with van der Waals surface area (Å²) in [5.41, 5.74) is 10.0. The van der Waals surface area contributed by atoms with Gasteiger partial charge in [-0.15, -0.1) is 0 Å². The van der Waals surface area contributed by atoms with Gasteiger partial charge >= 0.3 is 0 Å². The highest BCUT2D eigenvalue weighted by atomic mass is 16.3. The molecule has 0 saturated carbocycles. The molecular formula is C41H28N2O. The van der Waals surface area contributed by atoms with Crippen LogP contribution in [0.2, 0.25) is 0 Å². The van der Waals surface area contributed by atoms with Gasteiger partial charge in [0.15, 0.2) is 0 Å². The van der Waals surface area contributed by atoms with Crippen molar-refractivity contribution in [3.63, 3.8) is 0 Å². The summed E-state index contributed by atoms with van der Waals surface area (Å²) >= 11 is 0. The van der Waals surface area contributed by atoms with E-state index in [-0.39, 0.29) is 0 Å². The molecule has 0 unspecified atom stereocenters. The maximum Gasteiger partial charge on any atom is 0.136 e. The van der Waals surface area contributed by atoms with Gasteiger partial charge < -0.3 is 4.42 Å². The predicted octanol–water partition coefficient (Wildman–Crippen LogP) is 11.1. The SMILES string of the molecule is CCc1nc2ccccc2n1-c1ccc(-c2c3ccccc3c(-c3cccc4oc5ccccc5c34)c3ccccc23)cc1. The Kier molecular flexibility index (Phi) is 5.48. The molecule has 9 rings (SSSR count).